The summed E-state index contributed by atoms with van der Waals surface area (Å²) in [6.07, 6.45) is 5.98. The molecule has 1 aromatic carbocycles. The Labute approximate surface area is 124 Å². The predicted molar refractivity (Wildman–Crippen MR) is 82.7 cm³/mol. The molecule has 2 aliphatic rings. The van der Waals surface area contributed by atoms with Crippen molar-refractivity contribution < 1.29 is 4.79 Å². The molecular formula is C16H22N2OS. The zero-order chi connectivity index (χ0) is 14.0. The van der Waals surface area contributed by atoms with E-state index in [1.54, 1.807) is 0 Å². The van der Waals surface area contributed by atoms with E-state index in [9.17, 15) is 4.79 Å². The lowest BCUT2D eigenvalue weighted by molar-refractivity contribution is -0.128. The van der Waals surface area contributed by atoms with E-state index in [-0.39, 0.29) is 11.9 Å². The Kier molecular flexibility index (Phi) is 4.03. The third kappa shape index (κ3) is 2.72. The predicted octanol–water partition coefficient (Wildman–Crippen LogP) is 3.00. The first kappa shape index (κ1) is 14.0. The summed E-state index contributed by atoms with van der Waals surface area (Å²) in [6, 6.07) is 8.49. The van der Waals surface area contributed by atoms with Crippen molar-refractivity contribution in [2.75, 3.05) is 5.75 Å². The molecule has 0 spiro atoms. The SMILES string of the molecule is NC1(C(=O)NC2CCSc3ccccc32)CCCCC1. The van der Waals surface area contributed by atoms with Gasteiger partial charge >= 0.3 is 0 Å². The largest absolute Gasteiger partial charge is 0.348 e. The van der Waals surface area contributed by atoms with E-state index in [4.69, 9.17) is 5.73 Å². The highest BCUT2D eigenvalue weighted by Gasteiger charge is 2.36. The van der Waals surface area contributed by atoms with Crippen LogP contribution in [0.4, 0.5) is 0 Å². The topological polar surface area (TPSA) is 55.1 Å². The monoisotopic (exact) mass is 290 g/mol. The third-order valence-corrected chi connectivity index (χ3v) is 5.58. The minimum Gasteiger partial charge on any atom is -0.348 e. The Hall–Kier alpha value is -1.00. The molecule has 0 saturated heterocycles. The molecule has 1 unspecified atom stereocenters. The molecule has 1 amide bonds. The number of carbonyl (C=O) groups excluding carboxylic acids is 1. The summed E-state index contributed by atoms with van der Waals surface area (Å²) in [6.45, 7) is 0. The van der Waals surface area contributed by atoms with Crippen LogP contribution >= 0.6 is 11.8 Å². The van der Waals surface area contributed by atoms with Gasteiger partial charge in [0.25, 0.3) is 0 Å². The highest BCUT2D eigenvalue weighted by Crippen LogP contribution is 2.36. The van der Waals surface area contributed by atoms with Gasteiger partial charge in [-0.3, -0.25) is 4.79 Å². The van der Waals surface area contributed by atoms with Crippen molar-refractivity contribution >= 4 is 17.7 Å². The van der Waals surface area contributed by atoms with Crippen LogP contribution in [-0.2, 0) is 4.79 Å². The molecule has 3 nitrogen and oxygen atoms in total. The Morgan fingerprint density at radius 2 is 2.00 bits per heavy atom. The molecule has 20 heavy (non-hydrogen) atoms. The van der Waals surface area contributed by atoms with Gasteiger partial charge in [-0.15, -0.1) is 11.8 Å². The van der Waals surface area contributed by atoms with Crippen LogP contribution in [0.5, 0.6) is 0 Å². The molecular weight excluding hydrogens is 268 g/mol. The summed E-state index contributed by atoms with van der Waals surface area (Å²) in [5.74, 6) is 1.10. The highest BCUT2D eigenvalue weighted by atomic mass is 32.2. The fourth-order valence-electron chi connectivity index (χ4n) is 3.20. The number of hydrogen-bond donors (Lipinski definition) is 2. The van der Waals surface area contributed by atoms with E-state index >= 15 is 0 Å². The van der Waals surface area contributed by atoms with Gasteiger partial charge in [0.2, 0.25) is 5.91 Å². The summed E-state index contributed by atoms with van der Waals surface area (Å²) in [5, 5.41) is 3.21. The number of hydrogen-bond acceptors (Lipinski definition) is 3. The number of thioether (sulfide) groups is 1. The van der Waals surface area contributed by atoms with Gasteiger partial charge in [-0.2, -0.15) is 0 Å². The van der Waals surface area contributed by atoms with Gasteiger partial charge in [-0.25, -0.2) is 0 Å². The average molecular weight is 290 g/mol. The first-order chi connectivity index (χ1) is 9.69. The van der Waals surface area contributed by atoms with Crippen molar-refractivity contribution in [3.63, 3.8) is 0 Å². The summed E-state index contributed by atoms with van der Waals surface area (Å²) >= 11 is 1.87. The van der Waals surface area contributed by atoms with Gasteiger partial charge in [0.15, 0.2) is 0 Å². The summed E-state index contributed by atoms with van der Waals surface area (Å²) in [4.78, 5) is 13.8. The highest BCUT2D eigenvalue weighted by molar-refractivity contribution is 7.99. The second-order valence-electron chi connectivity index (χ2n) is 5.92. The lowest BCUT2D eigenvalue weighted by Gasteiger charge is -2.35. The number of nitrogens with one attached hydrogen (secondary N) is 1. The molecule has 1 fully saturated rings. The van der Waals surface area contributed by atoms with Crippen LogP contribution in [0.2, 0.25) is 0 Å². The van der Waals surface area contributed by atoms with Gasteiger partial charge in [-0.1, -0.05) is 37.5 Å². The van der Waals surface area contributed by atoms with Crippen LogP contribution in [0.15, 0.2) is 29.2 Å². The number of amides is 1. The maximum absolute atomic E-state index is 12.6. The second-order valence-corrected chi connectivity index (χ2v) is 7.05. The Morgan fingerprint density at radius 3 is 2.80 bits per heavy atom. The molecule has 1 atom stereocenters. The molecule has 1 aliphatic heterocycles. The maximum atomic E-state index is 12.6. The smallest absolute Gasteiger partial charge is 0.240 e. The fourth-order valence-corrected chi connectivity index (χ4v) is 4.33. The quantitative estimate of drug-likeness (QED) is 0.880. The molecule has 1 aliphatic carbocycles. The molecule has 3 N–H and O–H groups in total. The van der Waals surface area contributed by atoms with Crippen molar-refractivity contribution in [2.24, 2.45) is 5.73 Å². The molecule has 0 bridgehead atoms. The van der Waals surface area contributed by atoms with Crippen molar-refractivity contribution in [1.82, 2.24) is 5.32 Å². The second kappa shape index (κ2) is 5.78. The number of fused-ring (bicyclic) bond motifs is 1. The van der Waals surface area contributed by atoms with E-state index in [0.717, 1.165) is 37.9 Å². The van der Waals surface area contributed by atoms with Crippen molar-refractivity contribution in [1.29, 1.82) is 0 Å². The summed E-state index contributed by atoms with van der Waals surface area (Å²) in [5.41, 5.74) is 6.93. The van der Waals surface area contributed by atoms with Gasteiger partial charge in [0.05, 0.1) is 11.6 Å². The van der Waals surface area contributed by atoms with Crippen LogP contribution < -0.4 is 11.1 Å². The molecule has 4 heteroatoms. The molecule has 108 valence electrons. The molecule has 1 heterocycles. The molecule has 3 rings (SSSR count). The van der Waals surface area contributed by atoms with Crippen molar-refractivity contribution in [3.8, 4) is 0 Å². The van der Waals surface area contributed by atoms with E-state index < -0.39 is 5.54 Å². The summed E-state index contributed by atoms with van der Waals surface area (Å²) < 4.78 is 0. The average Bonchev–Trinajstić information content (AvgIpc) is 2.48. The van der Waals surface area contributed by atoms with Gasteiger partial charge in [0, 0.05) is 10.6 Å². The normalized spacial score (nSPS) is 24.8. The van der Waals surface area contributed by atoms with Gasteiger partial charge in [0.1, 0.15) is 0 Å². The van der Waals surface area contributed by atoms with Crippen LogP contribution in [0.25, 0.3) is 0 Å². The number of rotatable bonds is 2. The van der Waals surface area contributed by atoms with Crippen LogP contribution in [0.1, 0.15) is 50.1 Å². The standard InChI is InChI=1S/C16H22N2OS/c17-16(9-4-1-5-10-16)15(19)18-13-8-11-20-14-7-3-2-6-12(13)14/h2-3,6-7,13H,1,4-5,8-11,17H2,(H,18,19). The lowest BCUT2D eigenvalue weighted by Crippen LogP contribution is -2.55. The summed E-state index contributed by atoms with van der Waals surface area (Å²) in [7, 11) is 0. The van der Waals surface area contributed by atoms with Crippen molar-refractivity contribution in [3.05, 3.63) is 29.8 Å². The van der Waals surface area contributed by atoms with E-state index in [1.807, 2.05) is 17.8 Å². The lowest BCUT2D eigenvalue weighted by atomic mass is 9.81. The molecule has 1 aromatic rings. The first-order valence-corrected chi connectivity index (χ1v) is 8.49. The van der Waals surface area contributed by atoms with Crippen LogP contribution in [0, 0.1) is 0 Å². The maximum Gasteiger partial charge on any atom is 0.240 e. The number of benzene rings is 1. The molecule has 1 saturated carbocycles. The molecule has 0 radical (unpaired) electrons. The Morgan fingerprint density at radius 1 is 1.25 bits per heavy atom. The van der Waals surface area contributed by atoms with Gasteiger partial charge < -0.3 is 11.1 Å². The fraction of sp³-hybridized carbons (Fsp3) is 0.562. The van der Waals surface area contributed by atoms with Crippen LogP contribution in [-0.4, -0.2) is 17.2 Å². The Balaban J connectivity index is 1.74. The molecule has 0 aromatic heterocycles. The van der Waals surface area contributed by atoms with Crippen LogP contribution in [0.3, 0.4) is 0 Å². The number of carbonyl (C=O) groups is 1. The minimum absolute atomic E-state index is 0.0453. The van der Waals surface area contributed by atoms with E-state index in [0.29, 0.717) is 0 Å². The van der Waals surface area contributed by atoms with E-state index in [1.165, 1.54) is 16.9 Å². The first-order valence-electron chi connectivity index (χ1n) is 7.51. The van der Waals surface area contributed by atoms with Gasteiger partial charge in [-0.05, 0) is 30.9 Å². The third-order valence-electron chi connectivity index (χ3n) is 4.46. The minimum atomic E-state index is -0.641. The zero-order valence-corrected chi connectivity index (χ0v) is 12.5. The van der Waals surface area contributed by atoms with Crippen molar-refractivity contribution in [2.45, 2.75) is 55.0 Å². The zero-order valence-electron chi connectivity index (χ0n) is 11.7. The van der Waals surface area contributed by atoms with E-state index in [2.05, 4.69) is 23.5 Å². The Bertz CT molecular complexity index is 497. The number of nitrogens with two attached hydrogens (primary N) is 1.